The Morgan fingerprint density at radius 3 is 2.38 bits per heavy atom. The van der Waals surface area contributed by atoms with Gasteiger partial charge in [0.15, 0.2) is 0 Å². The Kier molecular flexibility index (Phi) is 3.27. The van der Waals surface area contributed by atoms with Crippen molar-refractivity contribution in [3.05, 3.63) is 28.3 Å². The Morgan fingerprint density at radius 1 is 1.38 bits per heavy atom. The number of carbonyl (C=O) groups excluding carboxylic acids is 1. The van der Waals surface area contributed by atoms with Crippen LogP contribution in [0.15, 0.2) is 12.1 Å². The molecule has 0 N–H and O–H groups in total. The molecule has 0 spiro atoms. The molecule has 86 valence electrons. The van der Waals surface area contributed by atoms with Crippen LogP contribution in [-0.2, 0) is 4.79 Å². The first-order chi connectivity index (χ1) is 7.49. The summed E-state index contributed by atoms with van der Waals surface area (Å²) in [5, 5.41) is 0.723. The summed E-state index contributed by atoms with van der Waals surface area (Å²) in [6.07, 6.45) is 0.571. The number of carbonyl (C=O) groups is 1. The van der Waals surface area contributed by atoms with Gasteiger partial charge in [0.2, 0.25) is 5.91 Å². The van der Waals surface area contributed by atoms with E-state index in [1.54, 1.807) is 0 Å². The van der Waals surface area contributed by atoms with Gasteiger partial charge < -0.3 is 4.90 Å². The first kappa shape index (κ1) is 11.9. The van der Waals surface area contributed by atoms with Gasteiger partial charge in [-0.05, 0) is 37.1 Å². The van der Waals surface area contributed by atoms with Crippen molar-refractivity contribution in [1.29, 1.82) is 0 Å². The monoisotopic (exact) mass is 301 g/mol. The van der Waals surface area contributed by atoms with Crippen molar-refractivity contribution in [3.8, 4) is 0 Å². The van der Waals surface area contributed by atoms with E-state index in [0.717, 1.165) is 28.4 Å². The molecule has 1 aromatic carbocycles. The van der Waals surface area contributed by atoms with E-state index in [2.05, 4.69) is 15.9 Å². The number of hydrogen-bond acceptors (Lipinski definition) is 1. The molecule has 2 nitrogen and oxygen atoms in total. The van der Waals surface area contributed by atoms with E-state index >= 15 is 0 Å². The highest BCUT2D eigenvalue weighted by atomic mass is 79.9. The maximum atomic E-state index is 11.8. The Balaban J connectivity index is 2.44. The summed E-state index contributed by atoms with van der Waals surface area (Å²) in [6.45, 7) is 4.72. The molecule has 1 atom stereocenters. The minimum Gasteiger partial charge on any atom is -0.311 e. The fourth-order valence-electron chi connectivity index (χ4n) is 2.21. The molecular weight excluding hydrogens is 289 g/mol. The summed E-state index contributed by atoms with van der Waals surface area (Å²) >= 11 is 9.47. The minimum atomic E-state index is 0.176. The van der Waals surface area contributed by atoms with Gasteiger partial charge in [0.05, 0.1) is 0 Å². The summed E-state index contributed by atoms with van der Waals surface area (Å²) < 4.78 is 0. The van der Waals surface area contributed by atoms with Crippen molar-refractivity contribution < 1.29 is 4.79 Å². The van der Waals surface area contributed by atoms with Crippen molar-refractivity contribution in [3.63, 3.8) is 0 Å². The number of anilines is 1. The van der Waals surface area contributed by atoms with Gasteiger partial charge in [-0.2, -0.15) is 0 Å². The first-order valence-electron chi connectivity index (χ1n) is 5.20. The minimum absolute atomic E-state index is 0.176. The molecule has 0 radical (unpaired) electrons. The fourth-order valence-corrected chi connectivity index (χ4v) is 3.10. The van der Waals surface area contributed by atoms with Gasteiger partial charge in [0.25, 0.3) is 0 Å². The maximum Gasteiger partial charge on any atom is 0.228 e. The van der Waals surface area contributed by atoms with Crippen LogP contribution in [-0.4, -0.2) is 17.3 Å². The zero-order chi connectivity index (χ0) is 11.9. The molecule has 0 aromatic heterocycles. The highest BCUT2D eigenvalue weighted by Crippen LogP contribution is 2.32. The molecule has 1 aliphatic heterocycles. The SMILES string of the molecule is Cc1cc(Cl)cc(C)c1N1CC(Br)CC1=O. The van der Waals surface area contributed by atoms with Crippen molar-refractivity contribution >= 4 is 39.1 Å². The van der Waals surface area contributed by atoms with Gasteiger partial charge in [-0.1, -0.05) is 27.5 Å². The van der Waals surface area contributed by atoms with Gasteiger partial charge >= 0.3 is 0 Å². The quantitative estimate of drug-likeness (QED) is 0.728. The number of rotatable bonds is 1. The van der Waals surface area contributed by atoms with Gasteiger partial charge in [-0.15, -0.1) is 0 Å². The van der Waals surface area contributed by atoms with Crippen molar-refractivity contribution in [2.24, 2.45) is 0 Å². The summed E-state index contributed by atoms with van der Waals surface area (Å²) in [6, 6.07) is 3.80. The molecule has 1 unspecified atom stereocenters. The number of nitrogens with zero attached hydrogens (tertiary/aromatic N) is 1. The zero-order valence-electron chi connectivity index (χ0n) is 9.26. The number of aryl methyl sites for hydroxylation is 2. The molecule has 1 fully saturated rings. The van der Waals surface area contributed by atoms with Crippen LogP contribution < -0.4 is 4.90 Å². The lowest BCUT2D eigenvalue weighted by Crippen LogP contribution is -2.26. The number of halogens is 2. The van der Waals surface area contributed by atoms with Crippen LogP contribution >= 0.6 is 27.5 Å². The molecule has 1 heterocycles. The standard InChI is InChI=1S/C12H13BrClNO/c1-7-3-10(14)4-8(2)12(7)15-6-9(13)5-11(15)16/h3-4,9H,5-6H2,1-2H3. The van der Waals surface area contributed by atoms with Crippen molar-refractivity contribution in [2.75, 3.05) is 11.4 Å². The molecule has 16 heavy (non-hydrogen) atoms. The van der Waals surface area contributed by atoms with Crippen molar-refractivity contribution in [2.45, 2.75) is 25.1 Å². The van der Waals surface area contributed by atoms with Crippen LogP contribution in [0.4, 0.5) is 5.69 Å². The van der Waals surface area contributed by atoms with E-state index in [9.17, 15) is 4.79 Å². The Morgan fingerprint density at radius 2 is 1.94 bits per heavy atom. The third-order valence-electron chi connectivity index (χ3n) is 2.80. The number of benzene rings is 1. The summed E-state index contributed by atoms with van der Waals surface area (Å²) in [4.78, 5) is 13.9. The van der Waals surface area contributed by atoms with E-state index in [1.165, 1.54) is 0 Å². The molecule has 4 heteroatoms. The van der Waals surface area contributed by atoms with Gasteiger partial charge in [0, 0.05) is 28.5 Å². The van der Waals surface area contributed by atoms with Crippen LogP contribution in [0.3, 0.4) is 0 Å². The van der Waals surface area contributed by atoms with Crippen molar-refractivity contribution in [1.82, 2.24) is 0 Å². The van der Waals surface area contributed by atoms with Crippen LogP contribution in [0.25, 0.3) is 0 Å². The van der Waals surface area contributed by atoms with E-state index in [4.69, 9.17) is 11.6 Å². The lowest BCUT2D eigenvalue weighted by Gasteiger charge is -2.21. The van der Waals surface area contributed by atoms with Gasteiger partial charge in [-0.3, -0.25) is 4.79 Å². The third kappa shape index (κ3) is 2.11. The topological polar surface area (TPSA) is 20.3 Å². The summed E-state index contributed by atoms with van der Waals surface area (Å²) in [7, 11) is 0. The lowest BCUT2D eigenvalue weighted by atomic mass is 10.1. The lowest BCUT2D eigenvalue weighted by molar-refractivity contribution is -0.117. The number of hydrogen-bond donors (Lipinski definition) is 0. The first-order valence-corrected chi connectivity index (χ1v) is 6.49. The van der Waals surface area contributed by atoms with E-state index in [0.29, 0.717) is 6.42 Å². The number of alkyl halides is 1. The average Bonchev–Trinajstić information content (AvgIpc) is 2.43. The number of amides is 1. The third-order valence-corrected chi connectivity index (χ3v) is 3.64. The molecular formula is C12H13BrClNO. The van der Waals surface area contributed by atoms with Crippen LogP contribution in [0.2, 0.25) is 5.02 Å². The maximum absolute atomic E-state index is 11.8. The molecule has 1 saturated heterocycles. The summed E-state index contributed by atoms with van der Waals surface area (Å²) in [5.74, 6) is 0.176. The van der Waals surface area contributed by atoms with E-state index in [-0.39, 0.29) is 10.7 Å². The molecule has 0 bridgehead atoms. The molecule has 2 rings (SSSR count). The van der Waals surface area contributed by atoms with Gasteiger partial charge in [-0.25, -0.2) is 0 Å². The highest BCUT2D eigenvalue weighted by Gasteiger charge is 2.30. The van der Waals surface area contributed by atoms with Crippen LogP contribution in [0.5, 0.6) is 0 Å². The molecule has 1 aromatic rings. The van der Waals surface area contributed by atoms with Crippen LogP contribution in [0, 0.1) is 13.8 Å². The Bertz CT molecular complexity index is 424. The molecule has 0 aliphatic carbocycles. The van der Waals surface area contributed by atoms with E-state index < -0.39 is 0 Å². The smallest absolute Gasteiger partial charge is 0.228 e. The predicted octanol–water partition coefficient (Wildman–Crippen LogP) is 3.46. The van der Waals surface area contributed by atoms with Gasteiger partial charge in [0.1, 0.15) is 0 Å². The Hall–Kier alpha value is -0.540. The Labute approximate surface area is 109 Å². The predicted molar refractivity (Wildman–Crippen MR) is 70.6 cm³/mol. The highest BCUT2D eigenvalue weighted by molar-refractivity contribution is 9.09. The average molecular weight is 303 g/mol. The van der Waals surface area contributed by atoms with Crippen LogP contribution in [0.1, 0.15) is 17.5 Å². The molecule has 1 amide bonds. The second kappa shape index (κ2) is 4.38. The normalized spacial score (nSPS) is 20.6. The second-order valence-electron chi connectivity index (χ2n) is 4.19. The zero-order valence-corrected chi connectivity index (χ0v) is 11.6. The molecule has 1 aliphatic rings. The fraction of sp³-hybridized carbons (Fsp3) is 0.417. The largest absolute Gasteiger partial charge is 0.311 e. The van der Waals surface area contributed by atoms with E-state index in [1.807, 2.05) is 30.9 Å². The second-order valence-corrected chi connectivity index (χ2v) is 5.93. The summed E-state index contributed by atoms with van der Waals surface area (Å²) in [5.41, 5.74) is 3.12. The molecule has 0 saturated carbocycles.